The van der Waals surface area contributed by atoms with Gasteiger partial charge in [-0.15, -0.1) is 0 Å². The first-order chi connectivity index (χ1) is 16.8. The number of carbonyl (C=O) groups excluding carboxylic acids is 1. The van der Waals surface area contributed by atoms with Gasteiger partial charge in [-0.2, -0.15) is 18.3 Å². The van der Waals surface area contributed by atoms with Gasteiger partial charge in [-0.25, -0.2) is 0 Å². The minimum atomic E-state index is -4.59. The lowest BCUT2D eigenvalue weighted by Gasteiger charge is -2.32. The fourth-order valence-electron chi connectivity index (χ4n) is 4.31. The fourth-order valence-corrected chi connectivity index (χ4v) is 4.31. The zero-order chi connectivity index (χ0) is 24.6. The molecule has 2 heterocycles. The van der Waals surface area contributed by atoms with Gasteiger partial charge in [0.05, 0.1) is 23.4 Å². The maximum absolute atomic E-state index is 13.6. The zero-order valence-electron chi connectivity index (χ0n) is 18.6. The summed E-state index contributed by atoms with van der Waals surface area (Å²) in [6, 6.07) is 16.3. The van der Waals surface area contributed by atoms with Crippen molar-refractivity contribution < 1.29 is 23.1 Å². The molecule has 9 heteroatoms. The lowest BCUT2D eigenvalue weighted by molar-refractivity contribution is -0.137. The topological polar surface area (TPSA) is 81.2 Å². The molecule has 4 aromatic rings. The summed E-state index contributed by atoms with van der Waals surface area (Å²) in [6.45, 7) is 0.846. The maximum atomic E-state index is 13.6. The standard InChI is InChI=1S/C26H23F3N4O2/c27-26(28,29)20-10-19(12-22(14-20)33-8-6-23(34)7-9-33)25(35)31-21-3-1-2-16(11-21)17-4-5-18-15-30-32-24(18)13-17/h1-5,10-15,23,34H,6-9H2,(H,30,32)(H,31,35). The Morgan fingerprint density at radius 2 is 1.80 bits per heavy atom. The molecule has 0 unspecified atom stereocenters. The van der Waals surface area contributed by atoms with Crippen molar-refractivity contribution in [1.29, 1.82) is 0 Å². The molecule has 5 rings (SSSR count). The highest BCUT2D eigenvalue weighted by Gasteiger charge is 2.33. The van der Waals surface area contributed by atoms with Crippen LogP contribution in [-0.2, 0) is 6.18 Å². The molecule has 1 aliphatic heterocycles. The molecule has 3 aromatic carbocycles. The first-order valence-corrected chi connectivity index (χ1v) is 11.3. The van der Waals surface area contributed by atoms with Gasteiger partial charge >= 0.3 is 6.18 Å². The molecule has 1 aromatic heterocycles. The first kappa shape index (κ1) is 22.9. The Kier molecular flexibility index (Phi) is 5.94. The second-order valence-electron chi connectivity index (χ2n) is 8.69. The van der Waals surface area contributed by atoms with Crippen LogP contribution in [0.5, 0.6) is 0 Å². The van der Waals surface area contributed by atoms with Crippen molar-refractivity contribution in [2.75, 3.05) is 23.3 Å². The lowest BCUT2D eigenvalue weighted by atomic mass is 10.0. The summed E-state index contributed by atoms with van der Waals surface area (Å²) < 4.78 is 40.8. The molecule has 0 bridgehead atoms. The number of fused-ring (bicyclic) bond motifs is 1. The van der Waals surface area contributed by atoms with Crippen molar-refractivity contribution in [1.82, 2.24) is 10.2 Å². The summed E-state index contributed by atoms with van der Waals surface area (Å²) in [5, 5.41) is 20.4. The Hall–Kier alpha value is -3.85. The van der Waals surface area contributed by atoms with E-state index >= 15 is 0 Å². The molecule has 6 nitrogen and oxygen atoms in total. The molecule has 1 amide bonds. The number of piperidine rings is 1. The number of carbonyl (C=O) groups is 1. The minimum absolute atomic E-state index is 0.0785. The van der Waals surface area contributed by atoms with Crippen LogP contribution in [0.25, 0.3) is 22.0 Å². The number of rotatable bonds is 4. The van der Waals surface area contributed by atoms with Gasteiger partial charge in [0, 0.05) is 35.4 Å². The van der Waals surface area contributed by atoms with Crippen LogP contribution in [0, 0.1) is 0 Å². The summed E-state index contributed by atoms with van der Waals surface area (Å²) in [5.74, 6) is -0.629. The Morgan fingerprint density at radius 1 is 1.03 bits per heavy atom. The highest BCUT2D eigenvalue weighted by molar-refractivity contribution is 6.05. The molecular weight excluding hydrogens is 457 g/mol. The third kappa shape index (κ3) is 5.00. The number of hydrogen-bond donors (Lipinski definition) is 3. The molecule has 0 aliphatic carbocycles. The van der Waals surface area contributed by atoms with Gasteiger partial charge in [0.1, 0.15) is 0 Å². The molecule has 0 radical (unpaired) electrons. The highest BCUT2D eigenvalue weighted by Crippen LogP contribution is 2.34. The van der Waals surface area contributed by atoms with E-state index in [-0.39, 0.29) is 5.56 Å². The number of H-pyrrole nitrogens is 1. The van der Waals surface area contributed by atoms with Crippen molar-refractivity contribution in [3.63, 3.8) is 0 Å². The van der Waals surface area contributed by atoms with Crippen LogP contribution in [0.2, 0.25) is 0 Å². The summed E-state index contributed by atoms with van der Waals surface area (Å²) in [7, 11) is 0. The third-order valence-electron chi connectivity index (χ3n) is 6.23. The predicted molar refractivity (Wildman–Crippen MR) is 128 cm³/mol. The van der Waals surface area contributed by atoms with E-state index in [1.165, 1.54) is 6.07 Å². The van der Waals surface area contributed by atoms with E-state index in [1.54, 1.807) is 29.3 Å². The van der Waals surface area contributed by atoms with Gasteiger partial charge in [-0.3, -0.25) is 9.89 Å². The molecule has 0 saturated carbocycles. The van der Waals surface area contributed by atoms with Crippen molar-refractivity contribution in [3.8, 4) is 11.1 Å². The lowest BCUT2D eigenvalue weighted by Crippen LogP contribution is -2.36. The number of benzene rings is 3. The number of aliphatic hydroxyl groups is 1. The second kappa shape index (κ2) is 9.07. The molecule has 1 saturated heterocycles. The Morgan fingerprint density at radius 3 is 2.57 bits per heavy atom. The third-order valence-corrected chi connectivity index (χ3v) is 6.23. The van der Waals surface area contributed by atoms with Gasteiger partial charge in [0.2, 0.25) is 0 Å². The number of aromatic nitrogens is 2. The molecule has 180 valence electrons. The van der Waals surface area contributed by atoms with Crippen LogP contribution in [0.4, 0.5) is 24.5 Å². The number of alkyl halides is 3. The molecular formula is C26H23F3N4O2. The number of aliphatic hydroxyl groups excluding tert-OH is 1. The monoisotopic (exact) mass is 480 g/mol. The van der Waals surface area contributed by atoms with Crippen LogP contribution in [-0.4, -0.2) is 40.4 Å². The van der Waals surface area contributed by atoms with Gasteiger partial charge in [0.25, 0.3) is 5.91 Å². The second-order valence-corrected chi connectivity index (χ2v) is 8.69. The number of hydrogen-bond acceptors (Lipinski definition) is 4. The minimum Gasteiger partial charge on any atom is -0.393 e. The van der Waals surface area contributed by atoms with Crippen LogP contribution in [0.1, 0.15) is 28.8 Å². The van der Waals surface area contributed by atoms with E-state index in [0.29, 0.717) is 37.3 Å². The smallest absolute Gasteiger partial charge is 0.393 e. The molecule has 0 atom stereocenters. The average Bonchev–Trinajstić information content (AvgIpc) is 3.32. The maximum Gasteiger partial charge on any atom is 0.416 e. The molecule has 3 N–H and O–H groups in total. The molecule has 1 aliphatic rings. The largest absolute Gasteiger partial charge is 0.416 e. The number of aromatic amines is 1. The summed E-state index contributed by atoms with van der Waals surface area (Å²) in [6.07, 6.45) is -2.39. The van der Waals surface area contributed by atoms with Crippen LogP contribution in [0.15, 0.2) is 66.9 Å². The average molecular weight is 480 g/mol. The number of nitrogens with zero attached hydrogens (tertiary/aromatic N) is 2. The zero-order valence-corrected chi connectivity index (χ0v) is 18.6. The number of anilines is 2. The van der Waals surface area contributed by atoms with Gasteiger partial charge in [-0.05, 0) is 60.4 Å². The fraction of sp³-hybridized carbons (Fsp3) is 0.231. The van der Waals surface area contributed by atoms with E-state index < -0.39 is 23.8 Å². The highest BCUT2D eigenvalue weighted by atomic mass is 19.4. The number of halogens is 3. The number of amides is 1. The Balaban J connectivity index is 1.42. The molecule has 35 heavy (non-hydrogen) atoms. The Bertz CT molecular complexity index is 1370. The van der Waals surface area contributed by atoms with Crippen LogP contribution >= 0.6 is 0 Å². The quantitative estimate of drug-likeness (QED) is 0.362. The van der Waals surface area contributed by atoms with Crippen molar-refractivity contribution in [3.05, 3.63) is 78.0 Å². The van der Waals surface area contributed by atoms with Gasteiger partial charge in [-0.1, -0.05) is 24.3 Å². The SMILES string of the molecule is O=C(Nc1cccc(-c2ccc3cn[nH]c3c2)c1)c1cc(N2CCC(O)CC2)cc(C(F)(F)F)c1. The summed E-state index contributed by atoms with van der Waals surface area (Å²) >= 11 is 0. The van der Waals surface area contributed by atoms with Crippen molar-refractivity contribution in [2.45, 2.75) is 25.1 Å². The van der Waals surface area contributed by atoms with Crippen molar-refractivity contribution in [2.24, 2.45) is 0 Å². The van der Waals surface area contributed by atoms with Gasteiger partial charge in [0.15, 0.2) is 0 Å². The van der Waals surface area contributed by atoms with Crippen molar-refractivity contribution >= 4 is 28.2 Å². The first-order valence-electron chi connectivity index (χ1n) is 11.3. The normalized spacial score (nSPS) is 14.9. The van der Waals surface area contributed by atoms with E-state index in [9.17, 15) is 23.1 Å². The molecule has 0 spiro atoms. The van der Waals surface area contributed by atoms with E-state index in [0.717, 1.165) is 34.2 Å². The van der Waals surface area contributed by atoms with Crippen LogP contribution < -0.4 is 10.2 Å². The van der Waals surface area contributed by atoms with Crippen LogP contribution in [0.3, 0.4) is 0 Å². The van der Waals surface area contributed by atoms with Gasteiger partial charge < -0.3 is 15.3 Å². The Labute approximate surface area is 199 Å². The molecule has 1 fully saturated rings. The van der Waals surface area contributed by atoms with E-state index in [4.69, 9.17) is 0 Å². The summed E-state index contributed by atoms with van der Waals surface area (Å²) in [4.78, 5) is 14.8. The van der Waals surface area contributed by atoms with E-state index in [1.807, 2.05) is 24.3 Å². The number of nitrogens with one attached hydrogen (secondary N) is 2. The predicted octanol–water partition coefficient (Wildman–Crippen LogP) is 5.46. The van der Waals surface area contributed by atoms with E-state index in [2.05, 4.69) is 15.5 Å². The summed E-state index contributed by atoms with van der Waals surface area (Å²) in [5.41, 5.74) is 2.45.